The molecule has 2 aromatic carbocycles. The summed E-state index contributed by atoms with van der Waals surface area (Å²) in [5.41, 5.74) is 1.94. The number of carbonyl (C=O) groups excluding carboxylic acids is 1. The molecule has 0 aliphatic carbocycles. The highest BCUT2D eigenvalue weighted by Crippen LogP contribution is 2.28. The minimum Gasteiger partial charge on any atom is -0.496 e. The molecule has 0 atom stereocenters. The van der Waals surface area contributed by atoms with Gasteiger partial charge in [0, 0.05) is 5.69 Å². The minimum absolute atomic E-state index is 0.00418. The van der Waals surface area contributed by atoms with Crippen LogP contribution >= 0.6 is 0 Å². The third-order valence-corrected chi connectivity index (χ3v) is 3.71. The van der Waals surface area contributed by atoms with Gasteiger partial charge in [-0.05, 0) is 35.7 Å². The largest absolute Gasteiger partial charge is 0.496 e. The van der Waals surface area contributed by atoms with E-state index in [0.717, 1.165) is 5.69 Å². The van der Waals surface area contributed by atoms with Gasteiger partial charge in [0.2, 0.25) is 5.91 Å². The average Bonchev–Trinajstić information content (AvgIpc) is 2.60. The van der Waals surface area contributed by atoms with Gasteiger partial charge in [-0.2, -0.15) is 0 Å². The van der Waals surface area contributed by atoms with Gasteiger partial charge in [-0.15, -0.1) is 0 Å². The lowest BCUT2D eigenvalue weighted by Crippen LogP contribution is -2.22. The molecule has 0 unspecified atom stereocenters. The molecule has 7 heteroatoms. The van der Waals surface area contributed by atoms with Crippen LogP contribution in [0.15, 0.2) is 42.5 Å². The maximum absolute atomic E-state index is 12.1. The monoisotopic (exact) mass is 343 g/mol. The van der Waals surface area contributed by atoms with Gasteiger partial charge in [-0.1, -0.05) is 26.0 Å². The van der Waals surface area contributed by atoms with Gasteiger partial charge >= 0.3 is 0 Å². The van der Waals surface area contributed by atoms with E-state index in [2.05, 4.69) is 24.5 Å². The number of rotatable bonds is 7. The molecule has 0 saturated carbocycles. The maximum atomic E-state index is 12.1. The van der Waals surface area contributed by atoms with Crippen LogP contribution in [0.3, 0.4) is 0 Å². The van der Waals surface area contributed by atoms with E-state index >= 15 is 0 Å². The number of methoxy groups -OCH3 is 1. The summed E-state index contributed by atoms with van der Waals surface area (Å²) in [5, 5.41) is 16.7. The predicted octanol–water partition coefficient (Wildman–Crippen LogP) is 3.78. The van der Waals surface area contributed by atoms with E-state index in [-0.39, 0.29) is 23.8 Å². The Morgan fingerprint density at radius 1 is 1.20 bits per heavy atom. The molecule has 2 aromatic rings. The molecule has 0 spiro atoms. The van der Waals surface area contributed by atoms with Crippen molar-refractivity contribution >= 4 is 23.0 Å². The Labute approximate surface area is 146 Å². The first-order chi connectivity index (χ1) is 11.9. The number of carbonyl (C=O) groups is 1. The van der Waals surface area contributed by atoms with Gasteiger partial charge < -0.3 is 15.4 Å². The number of nitro benzene ring substituents is 1. The topological polar surface area (TPSA) is 93.5 Å². The van der Waals surface area contributed by atoms with Crippen molar-refractivity contribution in [1.29, 1.82) is 0 Å². The number of hydrogen-bond acceptors (Lipinski definition) is 5. The lowest BCUT2D eigenvalue weighted by atomic mass is 10.0. The summed E-state index contributed by atoms with van der Waals surface area (Å²) in [6.07, 6.45) is 0. The normalized spacial score (nSPS) is 10.4. The summed E-state index contributed by atoms with van der Waals surface area (Å²) in [7, 11) is 1.42. The van der Waals surface area contributed by atoms with Crippen LogP contribution in [0.25, 0.3) is 0 Å². The van der Waals surface area contributed by atoms with E-state index in [1.807, 2.05) is 24.3 Å². The van der Waals surface area contributed by atoms with Crippen molar-refractivity contribution in [3.8, 4) is 5.75 Å². The van der Waals surface area contributed by atoms with Crippen molar-refractivity contribution < 1.29 is 14.5 Å². The molecule has 0 fully saturated rings. The van der Waals surface area contributed by atoms with Crippen molar-refractivity contribution in [1.82, 2.24) is 0 Å². The van der Waals surface area contributed by atoms with Gasteiger partial charge in [0.1, 0.15) is 11.4 Å². The van der Waals surface area contributed by atoms with E-state index in [1.165, 1.54) is 24.8 Å². The Hall–Kier alpha value is -3.09. The molecule has 0 bridgehead atoms. The Bertz CT molecular complexity index is 757. The van der Waals surface area contributed by atoms with Crippen LogP contribution in [0.5, 0.6) is 5.75 Å². The molecule has 7 nitrogen and oxygen atoms in total. The van der Waals surface area contributed by atoms with E-state index in [9.17, 15) is 14.9 Å². The second-order valence-corrected chi connectivity index (χ2v) is 5.82. The van der Waals surface area contributed by atoms with Crippen LogP contribution < -0.4 is 15.4 Å². The number of nitrogens with one attached hydrogen (secondary N) is 2. The molecule has 0 radical (unpaired) electrons. The number of nitrogens with zero attached hydrogens (tertiary/aromatic N) is 1. The molecule has 1 amide bonds. The molecule has 0 saturated heterocycles. The van der Waals surface area contributed by atoms with Crippen LogP contribution in [-0.2, 0) is 4.79 Å². The van der Waals surface area contributed by atoms with Crippen molar-refractivity contribution in [3.05, 3.63) is 58.1 Å². The molecule has 132 valence electrons. The van der Waals surface area contributed by atoms with Gasteiger partial charge in [0.15, 0.2) is 0 Å². The molecule has 0 aliphatic heterocycles. The number of hydrogen-bond donors (Lipinski definition) is 2. The fourth-order valence-electron chi connectivity index (χ4n) is 2.26. The highest BCUT2D eigenvalue weighted by molar-refractivity contribution is 5.95. The van der Waals surface area contributed by atoms with Crippen LogP contribution in [0.1, 0.15) is 25.3 Å². The summed E-state index contributed by atoms with van der Waals surface area (Å²) in [6.45, 7) is 4.22. The van der Waals surface area contributed by atoms with Crippen molar-refractivity contribution in [2.24, 2.45) is 0 Å². The minimum atomic E-state index is -0.559. The van der Waals surface area contributed by atoms with Gasteiger partial charge in [0.25, 0.3) is 5.69 Å². The number of anilines is 2. The highest BCUT2D eigenvalue weighted by atomic mass is 16.6. The average molecular weight is 343 g/mol. The summed E-state index contributed by atoms with van der Waals surface area (Å²) in [4.78, 5) is 22.6. The number of nitro groups is 1. The molecular formula is C18H21N3O4. The fraction of sp³-hybridized carbons (Fsp3) is 0.278. The second-order valence-electron chi connectivity index (χ2n) is 5.82. The standard InChI is InChI=1S/C18H21N3O4/c1-12(2)13-4-6-14(7-5-13)19-11-18(22)20-16-9-8-15(25-3)10-17(16)21(23)24/h4-10,12,19H,11H2,1-3H3,(H,20,22). The lowest BCUT2D eigenvalue weighted by molar-refractivity contribution is -0.384. The second kappa shape index (κ2) is 8.14. The first-order valence-corrected chi connectivity index (χ1v) is 7.87. The van der Waals surface area contributed by atoms with Crippen LogP contribution in [0.2, 0.25) is 0 Å². The smallest absolute Gasteiger partial charge is 0.296 e. The molecular weight excluding hydrogens is 322 g/mol. The first-order valence-electron chi connectivity index (χ1n) is 7.87. The third-order valence-electron chi connectivity index (χ3n) is 3.71. The first kappa shape index (κ1) is 18.3. The van der Waals surface area contributed by atoms with Crippen molar-refractivity contribution in [2.75, 3.05) is 24.3 Å². The zero-order valence-corrected chi connectivity index (χ0v) is 14.4. The zero-order valence-electron chi connectivity index (χ0n) is 14.4. The van der Waals surface area contributed by atoms with Crippen molar-refractivity contribution in [2.45, 2.75) is 19.8 Å². The number of benzene rings is 2. The molecule has 0 heterocycles. The Kier molecular flexibility index (Phi) is 5.94. The number of ether oxygens (including phenoxy) is 1. The molecule has 25 heavy (non-hydrogen) atoms. The molecule has 2 N–H and O–H groups in total. The van der Waals surface area contributed by atoms with Crippen molar-refractivity contribution in [3.63, 3.8) is 0 Å². The van der Waals surface area contributed by atoms with Crippen LogP contribution in [0.4, 0.5) is 17.1 Å². The lowest BCUT2D eigenvalue weighted by Gasteiger charge is -2.10. The van der Waals surface area contributed by atoms with Crippen LogP contribution in [-0.4, -0.2) is 24.5 Å². The Morgan fingerprint density at radius 3 is 2.44 bits per heavy atom. The third kappa shape index (κ3) is 4.94. The Morgan fingerprint density at radius 2 is 1.88 bits per heavy atom. The molecule has 2 rings (SSSR count). The fourth-order valence-corrected chi connectivity index (χ4v) is 2.26. The summed E-state index contributed by atoms with van der Waals surface area (Å²) < 4.78 is 4.97. The van der Waals surface area contributed by atoms with Gasteiger partial charge in [-0.25, -0.2) is 0 Å². The van der Waals surface area contributed by atoms with Gasteiger partial charge in [-0.3, -0.25) is 14.9 Å². The van der Waals surface area contributed by atoms with E-state index < -0.39 is 4.92 Å². The Balaban J connectivity index is 1.99. The van der Waals surface area contributed by atoms with E-state index in [4.69, 9.17) is 4.74 Å². The van der Waals surface area contributed by atoms with E-state index in [0.29, 0.717) is 11.7 Å². The summed E-state index contributed by atoms with van der Waals surface area (Å²) in [5.74, 6) is 0.419. The van der Waals surface area contributed by atoms with Crippen LogP contribution in [0, 0.1) is 10.1 Å². The summed E-state index contributed by atoms with van der Waals surface area (Å²) in [6, 6.07) is 12.1. The zero-order chi connectivity index (χ0) is 18.4. The van der Waals surface area contributed by atoms with Gasteiger partial charge in [0.05, 0.1) is 24.6 Å². The molecule has 0 aliphatic rings. The quantitative estimate of drug-likeness (QED) is 0.589. The maximum Gasteiger partial charge on any atom is 0.296 e. The molecule has 0 aromatic heterocycles. The highest BCUT2D eigenvalue weighted by Gasteiger charge is 2.17. The predicted molar refractivity (Wildman–Crippen MR) is 97.3 cm³/mol. The summed E-state index contributed by atoms with van der Waals surface area (Å²) >= 11 is 0. The number of amides is 1. The van der Waals surface area contributed by atoms with E-state index in [1.54, 1.807) is 6.07 Å². The SMILES string of the molecule is COc1ccc(NC(=O)CNc2ccc(C(C)C)cc2)c([N+](=O)[O-])c1.